The van der Waals surface area contributed by atoms with Crippen LogP contribution in [0.5, 0.6) is 0 Å². The van der Waals surface area contributed by atoms with E-state index in [2.05, 4.69) is 19.3 Å². The maximum Gasteiger partial charge on any atom is 0.0928 e. The largest absolute Gasteiger partial charge is 0.313 e. The number of hydrogen-bond donors (Lipinski definition) is 1. The molecule has 0 amide bonds. The number of thiocarbonyl (C=S) groups is 1. The smallest absolute Gasteiger partial charge is 0.0928 e. The van der Waals surface area contributed by atoms with Crippen molar-refractivity contribution in [3.63, 3.8) is 0 Å². The van der Waals surface area contributed by atoms with Crippen molar-refractivity contribution in [2.45, 2.75) is 65.2 Å². The molecule has 0 spiro atoms. The maximum absolute atomic E-state index is 5.42. The molecular weight excluding hydrogens is 228 g/mol. The summed E-state index contributed by atoms with van der Waals surface area (Å²) < 4.78 is 0. The second-order valence-electron chi connectivity index (χ2n) is 5.03. The lowest BCUT2D eigenvalue weighted by atomic mass is 9.98. The van der Waals surface area contributed by atoms with Crippen LogP contribution in [0, 0.1) is 5.92 Å². The first-order valence-corrected chi connectivity index (χ1v) is 7.50. The predicted molar refractivity (Wildman–Crippen MR) is 81.2 cm³/mol. The Labute approximate surface area is 113 Å². The van der Waals surface area contributed by atoms with Crippen LogP contribution in [0.15, 0.2) is 0 Å². The molecule has 1 N–H and O–H groups in total. The van der Waals surface area contributed by atoms with Crippen LogP contribution in [0.25, 0.3) is 0 Å². The zero-order chi connectivity index (χ0) is 13.1. The molecule has 0 bridgehead atoms. The number of nitrogens with zero attached hydrogens (tertiary/aromatic N) is 1. The van der Waals surface area contributed by atoms with Crippen molar-refractivity contribution >= 4 is 17.2 Å². The molecule has 0 fully saturated rings. The fourth-order valence-corrected chi connectivity index (χ4v) is 2.47. The summed E-state index contributed by atoms with van der Waals surface area (Å²) in [5.74, 6) is 0.554. The fraction of sp³-hybridized carbons (Fsp3) is 0.929. The van der Waals surface area contributed by atoms with E-state index in [0.717, 1.165) is 11.4 Å². The Hall–Kier alpha value is -0.150. The van der Waals surface area contributed by atoms with E-state index in [0.29, 0.717) is 5.92 Å². The van der Waals surface area contributed by atoms with Crippen LogP contribution in [0.4, 0.5) is 0 Å². The molecule has 0 heterocycles. The number of hydrogen-bond acceptors (Lipinski definition) is 2. The highest BCUT2D eigenvalue weighted by Gasteiger charge is 2.12. The topological polar surface area (TPSA) is 15.3 Å². The summed E-state index contributed by atoms with van der Waals surface area (Å²) in [7, 11) is 3.98. The quantitative estimate of drug-likeness (QED) is 0.360. The van der Waals surface area contributed by atoms with E-state index in [-0.39, 0.29) is 0 Å². The van der Waals surface area contributed by atoms with Gasteiger partial charge < -0.3 is 5.43 Å². The van der Waals surface area contributed by atoms with Crippen molar-refractivity contribution in [3.05, 3.63) is 0 Å². The average molecular weight is 258 g/mol. The van der Waals surface area contributed by atoms with Crippen LogP contribution in [-0.4, -0.2) is 24.1 Å². The van der Waals surface area contributed by atoms with Gasteiger partial charge in [0, 0.05) is 20.0 Å². The van der Waals surface area contributed by atoms with Crippen molar-refractivity contribution < 1.29 is 0 Å². The van der Waals surface area contributed by atoms with Gasteiger partial charge in [0.15, 0.2) is 0 Å². The Bertz CT molecular complexity index is 193. The van der Waals surface area contributed by atoms with Gasteiger partial charge in [-0.05, 0) is 12.8 Å². The van der Waals surface area contributed by atoms with Crippen LogP contribution >= 0.6 is 12.2 Å². The second-order valence-corrected chi connectivity index (χ2v) is 5.47. The standard InChI is InChI=1S/C14H30N2S/c1-5-7-8-9-10-11-12-13(6-2)14(17)15-16(3)4/h13H,5-12H2,1-4H3,(H,15,17). The third-order valence-corrected chi connectivity index (χ3v) is 3.53. The van der Waals surface area contributed by atoms with Gasteiger partial charge >= 0.3 is 0 Å². The van der Waals surface area contributed by atoms with Gasteiger partial charge in [-0.25, -0.2) is 5.01 Å². The normalized spacial score (nSPS) is 12.8. The Morgan fingerprint density at radius 2 is 1.65 bits per heavy atom. The molecule has 0 aliphatic carbocycles. The van der Waals surface area contributed by atoms with Crippen molar-refractivity contribution in [1.82, 2.24) is 10.4 Å². The zero-order valence-corrected chi connectivity index (χ0v) is 12.9. The third kappa shape index (κ3) is 9.54. The molecule has 0 saturated heterocycles. The molecule has 0 aromatic rings. The molecular formula is C14H30N2S. The molecule has 3 heteroatoms. The first-order chi connectivity index (χ1) is 8.11. The highest BCUT2D eigenvalue weighted by Crippen LogP contribution is 2.16. The van der Waals surface area contributed by atoms with Crippen molar-refractivity contribution in [2.75, 3.05) is 14.1 Å². The van der Waals surface area contributed by atoms with Gasteiger partial charge in [0.1, 0.15) is 0 Å². The molecule has 0 saturated carbocycles. The highest BCUT2D eigenvalue weighted by molar-refractivity contribution is 7.80. The van der Waals surface area contributed by atoms with E-state index in [9.17, 15) is 0 Å². The van der Waals surface area contributed by atoms with Gasteiger partial charge in [-0.3, -0.25) is 0 Å². The van der Waals surface area contributed by atoms with Crippen molar-refractivity contribution in [1.29, 1.82) is 0 Å². The maximum atomic E-state index is 5.42. The summed E-state index contributed by atoms with van der Waals surface area (Å²) in [4.78, 5) is 1.01. The Balaban J connectivity index is 3.63. The van der Waals surface area contributed by atoms with Crippen molar-refractivity contribution in [3.8, 4) is 0 Å². The van der Waals surface area contributed by atoms with Gasteiger partial charge in [-0.1, -0.05) is 64.6 Å². The summed E-state index contributed by atoms with van der Waals surface area (Å²) in [6, 6.07) is 0. The minimum absolute atomic E-state index is 0.554. The van der Waals surface area contributed by atoms with Crippen LogP contribution in [0.2, 0.25) is 0 Å². The molecule has 0 rings (SSSR count). The van der Waals surface area contributed by atoms with Crippen LogP contribution in [-0.2, 0) is 0 Å². The molecule has 1 unspecified atom stereocenters. The van der Waals surface area contributed by atoms with Gasteiger partial charge in [0.2, 0.25) is 0 Å². The van der Waals surface area contributed by atoms with Gasteiger partial charge in [0.25, 0.3) is 0 Å². The van der Waals surface area contributed by atoms with Crippen LogP contribution < -0.4 is 5.43 Å². The average Bonchev–Trinajstić information content (AvgIpc) is 2.27. The molecule has 17 heavy (non-hydrogen) atoms. The summed E-state index contributed by atoms with van der Waals surface area (Å²) in [6.45, 7) is 4.49. The molecule has 2 nitrogen and oxygen atoms in total. The van der Waals surface area contributed by atoms with E-state index in [1.54, 1.807) is 0 Å². The van der Waals surface area contributed by atoms with Crippen LogP contribution in [0.3, 0.4) is 0 Å². The number of rotatable bonds is 10. The van der Waals surface area contributed by atoms with Gasteiger partial charge in [-0.15, -0.1) is 0 Å². The predicted octanol–water partition coefficient (Wildman–Crippen LogP) is 4.16. The molecule has 0 radical (unpaired) electrons. The fourth-order valence-electron chi connectivity index (χ4n) is 2.00. The lowest BCUT2D eigenvalue weighted by Crippen LogP contribution is -2.38. The summed E-state index contributed by atoms with van der Waals surface area (Å²) in [5, 5.41) is 1.94. The second kappa shape index (κ2) is 11.0. The highest BCUT2D eigenvalue weighted by atomic mass is 32.1. The molecule has 0 aliphatic heterocycles. The van der Waals surface area contributed by atoms with E-state index in [4.69, 9.17) is 12.2 Å². The lowest BCUT2D eigenvalue weighted by molar-refractivity contribution is 0.351. The Morgan fingerprint density at radius 1 is 1.06 bits per heavy atom. The molecule has 0 aliphatic rings. The summed E-state index contributed by atoms with van der Waals surface area (Å²) in [6.07, 6.45) is 10.6. The monoisotopic (exact) mass is 258 g/mol. The Morgan fingerprint density at radius 3 is 2.18 bits per heavy atom. The Kier molecular flexibility index (Phi) is 10.9. The first kappa shape index (κ1) is 16.9. The van der Waals surface area contributed by atoms with E-state index < -0.39 is 0 Å². The molecule has 0 aromatic carbocycles. The lowest BCUT2D eigenvalue weighted by Gasteiger charge is -2.21. The molecule has 1 atom stereocenters. The first-order valence-electron chi connectivity index (χ1n) is 7.09. The number of hydrazine groups is 1. The number of unbranched alkanes of at least 4 members (excludes halogenated alkanes) is 5. The third-order valence-electron chi connectivity index (χ3n) is 3.10. The number of nitrogens with one attached hydrogen (secondary N) is 1. The minimum Gasteiger partial charge on any atom is -0.313 e. The SMILES string of the molecule is CCCCCCCCC(CC)C(=S)NN(C)C. The van der Waals surface area contributed by atoms with Gasteiger partial charge in [0.05, 0.1) is 4.99 Å². The van der Waals surface area contributed by atoms with E-state index in [1.807, 2.05) is 19.1 Å². The summed E-state index contributed by atoms with van der Waals surface area (Å²) >= 11 is 5.42. The van der Waals surface area contributed by atoms with E-state index in [1.165, 1.54) is 44.9 Å². The van der Waals surface area contributed by atoms with E-state index >= 15 is 0 Å². The molecule has 0 aromatic heterocycles. The van der Waals surface area contributed by atoms with Gasteiger partial charge in [-0.2, -0.15) is 0 Å². The van der Waals surface area contributed by atoms with Crippen molar-refractivity contribution in [2.24, 2.45) is 5.92 Å². The zero-order valence-electron chi connectivity index (χ0n) is 12.1. The minimum atomic E-state index is 0.554. The van der Waals surface area contributed by atoms with Crippen LogP contribution in [0.1, 0.15) is 65.2 Å². The summed E-state index contributed by atoms with van der Waals surface area (Å²) in [5.41, 5.74) is 3.22. The molecule has 102 valence electrons.